The molecule has 22 heteroatoms. The standard InChI is InChI=1S/C48H55N9O11S2/c1-29-25-37(66-3)34(45(63)56-20-18-54(19-21-56)30(2)58)26-38(29)69-41-27-50-48(70-41)52-43(61)31-7-9-32(10-8-31)55-16-14-53(15-17-55)22-24-67-23-13-49-40(60)28-68-36-6-4-5-33-42(36)47(65)57(46(33)64)35-11-12-39(59)51-44(35)62/h4-10,25-27,35,46,64H,11-24,28H2,1-3H3,(H,49,60)(H,50,52,61)(H,51,59,62). The lowest BCUT2D eigenvalue weighted by Crippen LogP contribution is -2.53. The van der Waals surface area contributed by atoms with E-state index in [9.17, 15) is 38.7 Å². The van der Waals surface area contributed by atoms with Gasteiger partial charge in [0.2, 0.25) is 17.7 Å². The quantitative estimate of drug-likeness (QED) is 0.0881. The Hall–Kier alpha value is -6.59. The van der Waals surface area contributed by atoms with Crippen molar-refractivity contribution in [3.8, 4) is 11.5 Å². The Kier molecular flexibility index (Phi) is 16.0. The number of imide groups is 1. The van der Waals surface area contributed by atoms with E-state index >= 15 is 0 Å². The maximum atomic E-state index is 13.6. The van der Waals surface area contributed by atoms with Crippen molar-refractivity contribution in [2.75, 3.05) is 103 Å². The van der Waals surface area contributed by atoms with Crippen molar-refractivity contribution in [2.45, 2.75) is 48.1 Å². The van der Waals surface area contributed by atoms with Crippen LogP contribution in [0.4, 0.5) is 10.8 Å². The van der Waals surface area contributed by atoms with Crippen molar-refractivity contribution < 1.29 is 52.9 Å². The average molecular weight is 998 g/mol. The van der Waals surface area contributed by atoms with E-state index in [4.69, 9.17) is 14.2 Å². The number of hydrogen-bond donors (Lipinski definition) is 4. The van der Waals surface area contributed by atoms with Gasteiger partial charge < -0.3 is 39.3 Å². The van der Waals surface area contributed by atoms with Crippen LogP contribution in [0.5, 0.6) is 11.5 Å². The van der Waals surface area contributed by atoms with Gasteiger partial charge in [-0.1, -0.05) is 35.2 Å². The number of amides is 7. The molecule has 4 N–H and O–H groups in total. The minimum absolute atomic E-state index is 0.00291. The van der Waals surface area contributed by atoms with Gasteiger partial charge in [-0.05, 0) is 61.4 Å². The second-order valence-corrected chi connectivity index (χ2v) is 19.4. The number of fused-ring (bicyclic) bond motifs is 1. The lowest BCUT2D eigenvalue weighted by Gasteiger charge is -2.36. The predicted molar refractivity (Wildman–Crippen MR) is 258 cm³/mol. The van der Waals surface area contributed by atoms with Gasteiger partial charge in [-0.15, -0.1) is 0 Å². The number of carbonyl (C=O) groups is 7. The molecule has 0 spiro atoms. The van der Waals surface area contributed by atoms with Gasteiger partial charge in [-0.2, -0.15) is 0 Å². The van der Waals surface area contributed by atoms with Crippen LogP contribution in [0.1, 0.15) is 68.2 Å². The second-order valence-electron chi connectivity index (χ2n) is 17.1. The first-order valence-electron chi connectivity index (χ1n) is 23.0. The molecule has 0 saturated carbocycles. The van der Waals surface area contributed by atoms with Crippen molar-refractivity contribution in [1.82, 2.24) is 35.2 Å². The molecule has 4 aliphatic rings. The van der Waals surface area contributed by atoms with E-state index < -0.39 is 35.9 Å². The topological polar surface area (TPSA) is 233 Å². The number of benzene rings is 3. The molecular weight excluding hydrogens is 943 g/mol. The summed E-state index contributed by atoms with van der Waals surface area (Å²) in [5, 5.41) is 19.2. The zero-order chi connectivity index (χ0) is 49.5. The lowest BCUT2D eigenvalue weighted by atomic mass is 10.0. The number of methoxy groups -OCH3 is 1. The number of anilines is 2. The highest BCUT2D eigenvalue weighted by Crippen LogP contribution is 2.41. The van der Waals surface area contributed by atoms with Crippen LogP contribution < -0.4 is 30.3 Å². The highest BCUT2D eigenvalue weighted by Gasteiger charge is 2.46. The molecule has 3 aromatic carbocycles. The largest absolute Gasteiger partial charge is 0.496 e. The third-order valence-electron chi connectivity index (χ3n) is 12.6. The molecule has 3 saturated heterocycles. The first kappa shape index (κ1) is 49.8. The van der Waals surface area contributed by atoms with E-state index in [0.717, 1.165) is 58.0 Å². The number of nitrogens with one attached hydrogen (secondary N) is 3. The summed E-state index contributed by atoms with van der Waals surface area (Å²) >= 11 is 2.80. The number of aliphatic hydroxyl groups excluding tert-OH is 1. The summed E-state index contributed by atoms with van der Waals surface area (Å²) in [4.78, 5) is 103. The van der Waals surface area contributed by atoms with Gasteiger partial charge in [-0.25, -0.2) is 4.98 Å². The van der Waals surface area contributed by atoms with Gasteiger partial charge in [-0.3, -0.25) is 54.0 Å². The Morgan fingerprint density at radius 2 is 1.67 bits per heavy atom. The molecule has 5 heterocycles. The minimum atomic E-state index is -1.40. The van der Waals surface area contributed by atoms with Crippen LogP contribution in [0, 0.1) is 6.92 Å². The maximum absolute atomic E-state index is 13.6. The molecule has 0 radical (unpaired) electrons. The van der Waals surface area contributed by atoms with E-state index in [1.54, 1.807) is 47.4 Å². The summed E-state index contributed by atoms with van der Waals surface area (Å²) in [7, 11) is 1.54. The summed E-state index contributed by atoms with van der Waals surface area (Å²) < 4.78 is 17.9. The molecule has 370 valence electrons. The number of rotatable bonds is 17. The van der Waals surface area contributed by atoms with Crippen LogP contribution in [-0.4, -0.2) is 169 Å². The van der Waals surface area contributed by atoms with Gasteiger partial charge in [0.05, 0.1) is 41.9 Å². The number of aryl methyl sites for hydroxylation is 1. The van der Waals surface area contributed by atoms with E-state index in [1.807, 2.05) is 31.2 Å². The number of nitrogens with zero attached hydrogens (tertiary/aromatic N) is 6. The smallest absolute Gasteiger partial charge is 0.261 e. The Morgan fingerprint density at radius 3 is 2.39 bits per heavy atom. The monoisotopic (exact) mass is 997 g/mol. The number of thiazole rings is 1. The van der Waals surface area contributed by atoms with Crippen molar-refractivity contribution >= 4 is 75.3 Å². The van der Waals surface area contributed by atoms with Gasteiger partial charge in [0.15, 0.2) is 18.0 Å². The van der Waals surface area contributed by atoms with E-state index in [1.165, 1.54) is 36.1 Å². The van der Waals surface area contributed by atoms with Crippen molar-refractivity contribution in [2.24, 2.45) is 0 Å². The Morgan fingerprint density at radius 1 is 0.929 bits per heavy atom. The van der Waals surface area contributed by atoms with Crippen molar-refractivity contribution in [3.05, 3.63) is 88.6 Å². The fourth-order valence-corrected chi connectivity index (χ4v) is 10.6. The molecule has 8 rings (SSSR count). The number of carbonyl (C=O) groups excluding carboxylic acids is 7. The average Bonchev–Trinajstić information content (AvgIpc) is 3.91. The number of piperidine rings is 1. The third-order valence-corrected chi connectivity index (χ3v) is 14.8. The number of piperazine rings is 2. The van der Waals surface area contributed by atoms with Crippen LogP contribution in [0.25, 0.3) is 0 Å². The minimum Gasteiger partial charge on any atom is -0.496 e. The summed E-state index contributed by atoms with van der Waals surface area (Å²) in [6.45, 7) is 9.96. The number of hydrogen-bond acceptors (Lipinski definition) is 16. The van der Waals surface area contributed by atoms with Crippen LogP contribution in [0.15, 0.2) is 69.9 Å². The molecule has 20 nitrogen and oxygen atoms in total. The normalized spacial score (nSPS) is 18.4. The van der Waals surface area contributed by atoms with Gasteiger partial charge in [0.1, 0.15) is 17.5 Å². The molecule has 0 aliphatic carbocycles. The first-order valence-corrected chi connectivity index (χ1v) is 24.6. The predicted octanol–water partition coefficient (Wildman–Crippen LogP) is 2.75. The van der Waals surface area contributed by atoms with E-state index in [-0.39, 0.29) is 67.2 Å². The highest BCUT2D eigenvalue weighted by atomic mass is 32.2. The number of aliphatic hydroxyl groups is 1. The molecule has 4 aromatic rings. The second kappa shape index (κ2) is 22.4. The van der Waals surface area contributed by atoms with Crippen LogP contribution >= 0.6 is 23.1 Å². The molecule has 2 atom stereocenters. The third kappa shape index (κ3) is 11.5. The SMILES string of the molecule is COc1cc(C)c(Sc2cnc(NC(=O)c3ccc(N4CCN(CCOCCNC(=O)COc5cccc6c5C(=O)N(C5CCC(=O)NC5=O)C6O)CC4)cc3)s2)cc1C(=O)N1CCN(C(C)=O)CC1. The number of ether oxygens (including phenoxy) is 3. The zero-order valence-electron chi connectivity index (χ0n) is 39.1. The summed E-state index contributed by atoms with van der Waals surface area (Å²) in [5.74, 6) is -1.96. The van der Waals surface area contributed by atoms with Crippen LogP contribution in [-0.2, 0) is 23.9 Å². The van der Waals surface area contributed by atoms with Crippen LogP contribution in [0.2, 0.25) is 0 Å². The molecule has 0 bridgehead atoms. The highest BCUT2D eigenvalue weighted by molar-refractivity contribution is 8.01. The Labute approximate surface area is 412 Å². The Balaban J connectivity index is 0.720. The Bertz CT molecular complexity index is 2630. The summed E-state index contributed by atoms with van der Waals surface area (Å²) in [5.41, 5.74) is 3.22. The molecule has 7 amide bonds. The molecular formula is C48H55N9O11S2. The molecule has 70 heavy (non-hydrogen) atoms. The van der Waals surface area contributed by atoms with E-state index in [0.29, 0.717) is 54.8 Å². The number of aromatic nitrogens is 1. The van der Waals surface area contributed by atoms with Crippen LogP contribution in [0.3, 0.4) is 0 Å². The summed E-state index contributed by atoms with van der Waals surface area (Å²) in [6, 6.07) is 14.8. The molecule has 2 unspecified atom stereocenters. The van der Waals surface area contributed by atoms with E-state index in [2.05, 4.69) is 30.7 Å². The lowest BCUT2D eigenvalue weighted by molar-refractivity contribution is -0.139. The molecule has 1 aromatic heterocycles. The summed E-state index contributed by atoms with van der Waals surface area (Å²) in [6.07, 6.45) is 0.439. The zero-order valence-corrected chi connectivity index (χ0v) is 40.7. The fraction of sp³-hybridized carbons (Fsp3) is 0.417. The first-order chi connectivity index (χ1) is 33.8. The van der Waals surface area contributed by atoms with Gasteiger partial charge in [0, 0.05) is 101 Å². The molecule has 3 fully saturated rings. The van der Waals surface area contributed by atoms with Crippen molar-refractivity contribution in [3.63, 3.8) is 0 Å². The maximum Gasteiger partial charge on any atom is 0.261 e. The molecule has 4 aliphatic heterocycles. The fourth-order valence-electron chi connectivity index (χ4n) is 8.71. The van der Waals surface area contributed by atoms with Gasteiger partial charge >= 0.3 is 0 Å². The van der Waals surface area contributed by atoms with Gasteiger partial charge in [0.25, 0.3) is 23.6 Å². The van der Waals surface area contributed by atoms with Crippen molar-refractivity contribution in [1.29, 1.82) is 0 Å².